The van der Waals surface area contributed by atoms with Crippen molar-refractivity contribution in [2.45, 2.75) is 38.4 Å². The Morgan fingerprint density at radius 1 is 1.55 bits per heavy atom. The first kappa shape index (κ1) is 8.68. The number of hydrogen-bond donors (Lipinski definition) is 1. The third kappa shape index (κ3) is 1.44. The molecule has 0 aromatic carbocycles. The molecule has 0 aromatic rings. The normalized spacial score (nSPS) is 41.1. The predicted molar refractivity (Wildman–Crippen MR) is 44.3 cm³/mol. The summed E-state index contributed by atoms with van der Waals surface area (Å²) in [6.45, 7) is 4.05. The number of ketones is 1. The fourth-order valence-electron chi connectivity index (χ4n) is 1.49. The Kier molecular flexibility index (Phi) is 2.30. The second-order valence-electron chi connectivity index (χ2n) is 3.45. The van der Waals surface area contributed by atoms with E-state index in [4.69, 9.17) is 5.73 Å². The Morgan fingerprint density at radius 2 is 2.09 bits per heavy atom. The van der Waals surface area contributed by atoms with Crippen LogP contribution in [0.5, 0.6) is 0 Å². The van der Waals surface area contributed by atoms with E-state index in [2.05, 4.69) is 11.8 Å². The average Bonchev–Trinajstić information content (AvgIpc) is 1.97. The van der Waals surface area contributed by atoms with Crippen molar-refractivity contribution >= 4 is 5.78 Å². The highest BCUT2D eigenvalue weighted by Crippen LogP contribution is 2.16. The van der Waals surface area contributed by atoms with Crippen LogP contribution in [0.4, 0.5) is 0 Å². The summed E-state index contributed by atoms with van der Waals surface area (Å²) in [5.74, 6) is 0.197. The van der Waals surface area contributed by atoms with Crippen molar-refractivity contribution in [2.75, 3.05) is 7.05 Å². The molecule has 1 saturated heterocycles. The standard InChI is InChI=1S/C8H16N2O/c1-5-4-7(11)8(9)6(2)10(5)3/h5-6,8H,4,9H2,1-3H3. The number of carbonyl (C=O) groups is 1. The predicted octanol–water partition coefficient (Wildman–Crippen LogP) is -0.00470. The maximum absolute atomic E-state index is 11.2. The average molecular weight is 156 g/mol. The van der Waals surface area contributed by atoms with Gasteiger partial charge in [-0.25, -0.2) is 0 Å². The van der Waals surface area contributed by atoms with Crippen LogP contribution in [0.1, 0.15) is 20.3 Å². The number of nitrogens with two attached hydrogens (primary N) is 1. The number of rotatable bonds is 0. The van der Waals surface area contributed by atoms with E-state index in [1.54, 1.807) is 0 Å². The van der Waals surface area contributed by atoms with Gasteiger partial charge in [-0.15, -0.1) is 0 Å². The van der Waals surface area contributed by atoms with Gasteiger partial charge in [-0.05, 0) is 20.9 Å². The molecule has 3 heteroatoms. The quantitative estimate of drug-likeness (QED) is 0.537. The van der Waals surface area contributed by atoms with Gasteiger partial charge in [-0.2, -0.15) is 0 Å². The molecule has 1 aliphatic heterocycles. The van der Waals surface area contributed by atoms with Gasteiger partial charge in [-0.3, -0.25) is 9.69 Å². The zero-order valence-electron chi connectivity index (χ0n) is 7.37. The van der Waals surface area contributed by atoms with Crippen LogP contribution >= 0.6 is 0 Å². The molecule has 3 nitrogen and oxygen atoms in total. The zero-order valence-corrected chi connectivity index (χ0v) is 7.37. The summed E-state index contributed by atoms with van der Waals surface area (Å²) in [5, 5.41) is 0. The van der Waals surface area contributed by atoms with E-state index in [9.17, 15) is 4.79 Å². The molecule has 0 spiro atoms. The minimum atomic E-state index is -0.281. The van der Waals surface area contributed by atoms with Crippen molar-refractivity contribution in [3.63, 3.8) is 0 Å². The third-order valence-corrected chi connectivity index (χ3v) is 2.73. The Morgan fingerprint density at radius 3 is 2.64 bits per heavy atom. The van der Waals surface area contributed by atoms with Gasteiger partial charge in [-0.1, -0.05) is 0 Å². The molecular weight excluding hydrogens is 140 g/mol. The van der Waals surface area contributed by atoms with Gasteiger partial charge in [0.25, 0.3) is 0 Å². The number of likely N-dealkylation sites (N-methyl/N-ethyl adjacent to an activating group) is 1. The van der Waals surface area contributed by atoms with Gasteiger partial charge in [0.05, 0.1) is 6.04 Å². The lowest BCUT2D eigenvalue weighted by atomic mass is 9.93. The molecule has 1 rings (SSSR count). The van der Waals surface area contributed by atoms with Crippen molar-refractivity contribution in [3.05, 3.63) is 0 Å². The summed E-state index contributed by atoms with van der Waals surface area (Å²) in [7, 11) is 2.02. The van der Waals surface area contributed by atoms with Crippen LogP contribution in [-0.4, -0.2) is 35.9 Å². The zero-order chi connectivity index (χ0) is 8.59. The number of hydrogen-bond acceptors (Lipinski definition) is 3. The molecule has 0 aliphatic carbocycles. The minimum absolute atomic E-state index is 0.186. The molecule has 2 N–H and O–H groups in total. The van der Waals surface area contributed by atoms with Gasteiger partial charge in [0.1, 0.15) is 0 Å². The minimum Gasteiger partial charge on any atom is -0.320 e. The smallest absolute Gasteiger partial charge is 0.152 e. The number of Topliss-reactive ketones (excluding diaryl/α,β-unsaturated/α-hetero) is 1. The lowest BCUT2D eigenvalue weighted by Crippen LogP contribution is -2.57. The molecule has 0 amide bonds. The van der Waals surface area contributed by atoms with Gasteiger partial charge in [0.2, 0.25) is 0 Å². The number of carbonyl (C=O) groups excluding carboxylic acids is 1. The first-order valence-electron chi connectivity index (χ1n) is 4.04. The molecule has 0 bridgehead atoms. The lowest BCUT2D eigenvalue weighted by molar-refractivity contribution is -0.126. The highest BCUT2D eigenvalue weighted by molar-refractivity contribution is 5.85. The monoisotopic (exact) mass is 156 g/mol. The number of nitrogens with zero attached hydrogens (tertiary/aromatic N) is 1. The van der Waals surface area contributed by atoms with E-state index in [-0.39, 0.29) is 17.9 Å². The molecule has 3 unspecified atom stereocenters. The Hall–Kier alpha value is -0.410. The summed E-state index contributed by atoms with van der Waals surface area (Å²) >= 11 is 0. The first-order chi connectivity index (χ1) is 5.04. The molecular formula is C8H16N2O. The molecule has 3 atom stereocenters. The Bertz CT molecular complexity index is 169. The van der Waals surface area contributed by atoms with Crippen LogP contribution in [-0.2, 0) is 4.79 Å². The number of piperidine rings is 1. The van der Waals surface area contributed by atoms with E-state index in [1.807, 2.05) is 14.0 Å². The summed E-state index contributed by atoms with van der Waals surface area (Å²) in [4.78, 5) is 13.4. The number of likely N-dealkylation sites (tertiary alicyclic amines) is 1. The molecule has 64 valence electrons. The lowest BCUT2D eigenvalue weighted by Gasteiger charge is -2.38. The van der Waals surface area contributed by atoms with Crippen molar-refractivity contribution in [2.24, 2.45) is 5.73 Å². The van der Waals surface area contributed by atoms with Gasteiger partial charge in [0.15, 0.2) is 5.78 Å². The molecule has 11 heavy (non-hydrogen) atoms. The maximum atomic E-state index is 11.2. The molecule has 1 aliphatic rings. The van der Waals surface area contributed by atoms with Crippen LogP contribution < -0.4 is 5.73 Å². The van der Waals surface area contributed by atoms with Crippen molar-refractivity contribution in [1.82, 2.24) is 4.90 Å². The molecule has 1 fully saturated rings. The van der Waals surface area contributed by atoms with Crippen LogP contribution in [0.15, 0.2) is 0 Å². The molecule has 0 saturated carbocycles. The van der Waals surface area contributed by atoms with E-state index in [1.165, 1.54) is 0 Å². The maximum Gasteiger partial charge on any atom is 0.152 e. The van der Waals surface area contributed by atoms with Gasteiger partial charge >= 0.3 is 0 Å². The largest absolute Gasteiger partial charge is 0.320 e. The molecule has 0 aromatic heterocycles. The van der Waals surface area contributed by atoms with E-state index >= 15 is 0 Å². The van der Waals surface area contributed by atoms with Crippen LogP contribution in [0, 0.1) is 0 Å². The molecule has 0 radical (unpaired) electrons. The Labute approximate surface area is 67.5 Å². The first-order valence-corrected chi connectivity index (χ1v) is 4.04. The highest BCUT2D eigenvalue weighted by atomic mass is 16.1. The van der Waals surface area contributed by atoms with Gasteiger partial charge < -0.3 is 5.73 Å². The van der Waals surface area contributed by atoms with Crippen molar-refractivity contribution in [1.29, 1.82) is 0 Å². The summed E-state index contributed by atoms with van der Waals surface area (Å²) in [6, 6.07) is 0.250. The van der Waals surface area contributed by atoms with Crippen molar-refractivity contribution in [3.8, 4) is 0 Å². The van der Waals surface area contributed by atoms with E-state index < -0.39 is 0 Å². The summed E-state index contributed by atoms with van der Waals surface area (Å²) < 4.78 is 0. The second kappa shape index (κ2) is 2.91. The van der Waals surface area contributed by atoms with Crippen LogP contribution in [0.2, 0.25) is 0 Å². The summed E-state index contributed by atoms with van der Waals surface area (Å²) in [6.07, 6.45) is 0.599. The van der Waals surface area contributed by atoms with Crippen LogP contribution in [0.25, 0.3) is 0 Å². The fraction of sp³-hybridized carbons (Fsp3) is 0.875. The topological polar surface area (TPSA) is 46.3 Å². The SMILES string of the molecule is CC1CC(=O)C(N)C(C)N1C. The van der Waals surface area contributed by atoms with E-state index in [0.717, 1.165) is 0 Å². The van der Waals surface area contributed by atoms with Gasteiger partial charge in [0, 0.05) is 18.5 Å². The highest BCUT2D eigenvalue weighted by Gasteiger charge is 2.33. The Balaban J connectivity index is 2.70. The summed E-state index contributed by atoms with van der Waals surface area (Å²) in [5.41, 5.74) is 5.68. The molecule has 1 heterocycles. The van der Waals surface area contributed by atoms with E-state index in [0.29, 0.717) is 12.5 Å². The third-order valence-electron chi connectivity index (χ3n) is 2.73. The fourth-order valence-corrected chi connectivity index (χ4v) is 1.49. The van der Waals surface area contributed by atoms with Crippen molar-refractivity contribution < 1.29 is 4.79 Å². The second-order valence-corrected chi connectivity index (χ2v) is 3.45. The van der Waals surface area contributed by atoms with Crippen LogP contribution in [0.3, 0.4) is 0 Å².